The number of nitrogens with zero attached hydrogens (tertiary/aromatic N) is 1. The standard InChI is InChI=1S/C11H12N2O7S2/c14-11-7-10(12-13(11)5-6-21(15,16)17)8-1-3-9(4-2-8)22(18,19)20/h1-4,7,12H,5-6H2,(H,15,16,17)(H,18,19,20). The van der Waals surface area contributed by atoms with Gasteiger partial charge in [0, 0.05) is 6.07 Å². The predicted octanol–water partition coefficient (Wildman–Crippen LogP) is -0.0221. The lowest BCUT2D eigenvalue weighted by Gasteiger charge is -2.02. The normalized spacial score (nSPS) is 12.5. The second-order valence-electron chi connectivity index (χ2n) is 4.45. The second kappa shape index (κ2) is 5.68. The number of nitrogens with one attached hydrogen (secondary N) is 1. The van der Waals surface area contributed by atoms with Crippen LogP contribution < -0.4 is 5.56 Å². The number of hydrogen-bond acceptors (Lipinski definition) is 5. The van der Waals surface area contributed by atoms with Gasteiger partial charge in [-0.05, 0) is 17.7 Å². The molecule has 0 bridgehead atoms. The molecule has 22 heavy (non-hydrogen) atoms. The van der Waals surface area contributed by atoms with Crippen LogP contribution in [-0.2, 0) is 26.8 Å². The van der Waals surface area contributed by atoms with E-state index in [2.05, 4.69) is 5.10 Å². The molecule has 0 saturated carbocycles. The lowest BCUT2D eigenvalue weighted by atomic mass is 10.2. The van der Waals surface area contributed by atoms with Crippen LogP contribution in [0.15, 0.2) is 40.0 Å². The smallest absolute Gasteiger partial charge is 0.294 e. The van der Waals surface area contributed by atoms with E-state index in [0.717, 1.165) is 4.68 Å². The quantitative estimate of drug-likeness (QED) is 0.643. The molecule has 11 heteroatoms. The van der Waals surface area contributed by atoms with E-state index in [4.69, 9.17) is 9.11 Å². The zero-order chi connectivity index (χ0) is 16.5. The monoisotopic (exact) mass is 348 g/mol. The summed E-state index contributed by atoms with van der Waals surface area (Å²) in [5.74, 6) is -0.617. The fourth-order valence-electron chi connectivity index (χ4n) is 1.76. The first-order valence-electron chi connectivity index (χ1n) is 5.89. The molecule has 0 saturated heterocycles. The fraction of sp³-hybridized carbons (Fsp3) is 0.182. The zero-order valence-electron chi connectivity index (χ0n) is 11.0. The summed E-state index contributed by atoms with van der Waals surface area (Å²) in [5.41, 5.74) is 0.301. The van der Waals surface area contributed by atoms with E-state index >= 15 is 0 Å². The fourth-order valence-corrected chi connectivity index (χ4v) is 2.65. The van der Waals surface area contributed by atoms with Crippen molar-refractivity contribution in [2.45, 2.75) is 11.4 Å². The molecule has 0 spiro atoms. The first kappa shape index (κ1) is 16.4. The molecular weight excluding hydrogens is 336 g/mol. The molecule has 0 amide bonds. The van der Waals surface area contributed by atoms with Crippen LogP contribution in [0.3, 0.4) is 0 Å². The molecule has 2 rings (SSSR count). The Morgan fingerprint density at radius 2 is 1.64 bits per heavy atom. The Morgan fingerprint density at radius 3 is 2.14 bits per heavy atom. The Kier molecular flexibility index (Phi) is 4.24. The van der Waals surface area contributed by atoms with Crippen molar-refractivity contribution in [2.24, 2.45) is 0 Å². The average molecular weight is 348 g/mol. The number of aryl methyl sites for hydroxylation is 1. The van der Waals surface area contributed by atoms with E-state index in [1.165, 1.54) is 30.3 Å². The van der Waals surface area contributed by atoms with Gasteiger partial charge in [-0.1, -0.05) is 12.1 Å². The van der Waals surface area contributed by atoms with E-state index in [1.807, 2.05) is 0 Å². The molecule has 9 nitrogen and oxygen atoms in total. The highest BCUT2D eigenvalue weighted by molar-refractivity contribution is 7.86. The molecule has 3 N–H and O–H groups in total. The van der Waals surface area contributed by atoms with Gasteiger partial charge in [-0.15, -0.1) is 0 Å². The van der Waals surface area contributed by atoms with E-state index in [1.54, 1.807) is 0 Å². The summed E-state index contributed by atoms with van der Waals surface area (Å²) in [6, 6.07) is 6.28. The predicted molar refractivity (Wildman–Crippen MR) is 76.7 cm³/mol. The van der Waals surface area contributed by atoms with Gasteiger partial charge in [-0.25, -0.2) is 0 Å². The summed E-state index contributed by atoms with van der Waals surface area (Å²) in [5, 5.41) is 2.65. The number of rotatable bonds is 5. The number of benzene rings is 1. The van der Waals surface area contributed by atoms with Crippen LogP contribution in [0, 0.1) is 0 Å². The summed E-state index contributed by atoms with van der Waals surface area (Å²) in [6.45, 7) is -0.249. The van der Waals surface area contributed by atoms with Crippen molar-refractivity contribution in [1.29, 1.82) is 0 Å². The van der Waals surface area contributed by atoms with Crippen LogP contribution in [0.5, 0.6) is 0 Å². The van der Waals surface area contributed by atoms with Gasteiger partial charge in [-0.2, -0.15) is 16.8 Å². The van der Waals surface area contributed by atoms with Crippen LogP contribution in [0.2, 0.25) is 0 Å². The second-order valence-corrected chi connectivity index (χ2v) is 7.44. The maximum Gasteiger partial charge on any atom is 0.294 e. The third-order valence-corrected chi connectivity index (χ3v) is 4.39. The molecular formula is C11H12N2O7S2. The minimum Gasteiger partial charge on any atom is -0.295 e. The Morgan fingerprint density at radius 1 is 1.05 bits per heavy atom. The molecule has 1 aromatic carbocycles. The molecule has 1 heterocycles. The van der Waals surface area contributed by atoms with E-state index in [-0.39, 0.29) is 11.4 Å². The van der Waals surface area contributed by atoms with Gasteiger partial charge in [0.2, 0.25) is 0 Å². The first-order valence-corrected chi connectivity index (χ1v) is 8.94. The van der Waals surface area contributed by atoms with Gasteiger partial charge < -0.3 is 0 Å². The van der Waals surface area contributed by atoms with Gasteiger partial charge >= 0.3 is 0 Å². The maximum atomic E-state index is 11.7. The lowest BCUT2D eigenvalue weighted by molar-refractivity contribution is 0.474. The van der Waals surface area contributed by atoms with Gasteiger partial charge in [0.1, 0.15) is 0 Å². The molecule has 1 aromatic heterocycles. The number of aromatic amines is 1. The number of aromatic nitrogens is 2. The van der Waals surface area contributed by atoms with Gasteiger partial charge in [0.05, 0.1) is 22.9 Å². The summed E-state index contributed by atoms with van der Waals surface area (Å²) in [6.07, 6.45) is 0. The number of H-pyrrole nitrogens is 1. The van der Waals surface area contributed by atoms with Crippen molar-refractivity contribution in [3.05, 3.63) is 40.7 Å². The van der Waals surface area contributed by atoms with Crippen molar-refractivity contribution in [3.63, 3.8) is 0 Å². The van der Waals surface area contributed by atoms with Crippen LogP contribution >= 0.6 is 0 Å². The molecule has 0 aliphatic carbocycles. The molecule has 0 radical (unpaired) electrons. The Labute approximate surface area is 125 Å². The third kappa shape index (κ3) is 4.04. The van der Waals surface area contributed by atoms with Crippen molar-refractivity contribution >= 4 is 20.2 Å². The molecule has 0 fully saturated rings. The Balaban J connectivity index is 2.29. The summed E-state index contributed by atoms with van der Waals surface area (Å²) in [7, 11) is -8.49. The highest BCUT2D eigenvalue weighted by Crippen LogP contribution is 2.18. The average Bonchev–Trinajstić information content (AvgIpc) is 2.76. The van der Waals surface area contributed by atoms with E-state index in [9.17, 15) is 21.6 Å². The van der Waals surface area contributed by atoms with E-state index < -0.39 is 31.5 Å². The van der Waals surface area contributed by atoms with Crippen molar-refractivity contribution in [3.8, 4) is 11.3 Å². The molecule has 0 atom stereocenters. The van der Waals surface area contributed by atoms with E-state index in [0.29, 0.717) is 11.3 Å². The van der Waals surface area contributed by atoms with Crippen LogP contribution in [0.25, 0.3) is 11.3 Å². The molecule has 0 aliphatic rings. The minimum atomic E-state index is -4.30. The van der Waals surface area contributed by atoms with Crippen LogP contribution in [0.1, 0.15) is 0 Å². The topological polar surface area (TPSA) is 147 Å². The zero-order valence-corrected chi connectivity index (χ0v) is 12.6. The molecule has 0 aliphatic heterocycles. The summed E-state index contributed by atoms with van der Waals surface area (Å²) >= 11 is 0. The van der Waals surface area contributed by atoms with Crippen molar-refractivity contribution in [1.82, 2.24) is 9.78 Å². The first-order chi connectivity index (χ1) is 10.1. The highest BCUT2D eigenvalue weighted by Gasteiger charge is 2.12. The van der Waals surface area contributed by atoms with Crippen molar-refractivity contribution in [2.75, 3.05) is 5.75 Å². The highest BCUT2D eigenvalue weighted by atomic mass is 32.2. The van der Waals surface area contributed by atoms with Gasteiger partial charge in [-0.3, -0.25) is 23.7 Å². The minimum absolute atomic E-state index is 0.249. The Bertz CT molecular complexity index is 937. The Hall–Kier alpha value is -1.95. The SMILES string of the molecule is O=c1cc(-c2ccc(S(=O)(=O)O)cc2)[nH]n1CCS(=O)(=O)O. The number of hydrogen-bond donors (Lipinski definition) is 3. The lowest BCUT2D eigenvalue weighted by Crippen LogP contribution is -2.21. The summed E-state index contributed by atoms with van der Waals surface area (Å²) in [4.78, 5) is 11.4. The molecule has 2 aromatic rings. The largest absolute Gasteiger partial charge is 0.295 e. The maximum absolute atomic E-state index is 11.7. The van der Waals surface area contributed by atoms with Gasteiger partial charge in [0.15, 0.2) is 0 Å². The van der Waals surface area contributed by atoms with Crippen LogP contribution in [0.4, 0.5) is 0 Å². The molecule has 0 unspecified atom stereocenters. The van der Waals surface area contributed by atoms with Crippen molar-refractivity contribution < 1.29 is 25.9 Å². The summed E-state index contributed by atoms with van der Waals surface area (Å²) < 4.78 is 61.7. The van der Waals surface area contributed by atoms with Crippen LogP contribution in [-0.4, -0.2) is 41.5 Å². The third-order valence-electron chi connectivity index (χ3n) is 2.83. The molecule has 120 valence electrons. The van der Waals surface area contributed by atoms with Gasteiger partial charge in [0.25, 0.3) is 25.8 Å².